The van der Waals surface area contributed by atoms with Gasteiger partial charge in [0.05, 0.1) is 15.9 Å². The van der Waals surface area contributed by atoms with Crippen LogP contribution in [-0.2, 0) is 10.0 Å². The number of para-hydroxylation sites is 2. The molecule has 1 aliphatic rings. The molecule has 7 heteroatoms. The number of rotatable bonds is 6. The number of likely N-dealkylation sites (N-methyl/N-ethyl adjacent to an activating group) is 1. The van der Waals surface area contributed by atoms with Gasteiger partial charge in [0.25, 0.3) is 0 Å². The first kappa shape index (κ1) is 20.1. The van der Waals surface area contributed by atoms with Gasteiger partial charge in [-0.1, -0.05) is 24.3 Å². The number of aromatic amines is 1. The number of aromatic nitrogens is 2. The number of nitrogens with one attached hydrogen (secondary N) is 1. The summed E-state index contributed by atoms with van der Waals surface area (Å²) in [6, 6.07) is 15.2. The third-order valence-corrected chi connectivity index (χ3v) is 7.66. The molecule has 29 heavy (non-hydrogen) atoms. The highest BCUT2D eigenvalue weighted by molar-refractivity contribution is 7.89. The molecule has 2 aromatic carbocycles. The number of H-pyrrole nitrogens is 1. The standard InChI is InChI=1S/C22H28N4O2S/c1-17-6-5-7-19(16-17)29(27,28)25(2)14-15-26-12-10-18(11-13-26)22-23-20-8-3-4-9-21(20)24-22/h3-9,16,18H,10-15H2,1-2H3,(H,23,24). The Kier molecular flexibility index (Phi) is 5.72. The summed E-state index contributed by atoms with van der Waals surface area (Å²) >= 11 is 0. The summed E-state index contributed by atoms with van der Waals surface area (Å²) in [5.41, 5.74) is 3.06. The third kappa shape index (κ3) is 4.37. The van der Waals surface area contributed by atoms with E-state index < -0.39 is 10.0 Å². The van der Waals surface area contributed by atoms with E-state index in [4.69, 9.17) is 4.98 Å². The van der Waals surface area contributed by atoms with E-state index in [-0.39, 0.29) is 0 Å². The second-order valence-electron chi connectivity index (χ2n) is 7.90. The van der Waals surface area contributed by atoms with Gasteiger partial charge in [0.15, 0.2) is 0 Å². The van der Waals surface area contributed by atoms with Crippen molar-refractivity contribution in [3.8, 4) is 0 Å². The highest BCUT2D eigenvalue weighted by Gasteiger charge is 2.25. The molecule has 0 aliphatic carbocycles. The van der Waals surface area contributed by atoms with Crippen molar-refractivity contribution >= 4 is 21.1 Å². The first-order valence-corrected chi connectivity index (χ1v) is 11.6. The molecule has 1 N–H and O–H groups in total. The van der Waals surface area contributed by atoms with Gasteiger partial charge in [0.1, 0.15) is 5.82 Å². The molecule has 1 fully saturated rings. The monoisotopic (exact) mass is 412 g/mol. The van der Waals surface area contributed by atoms with Crippen molar-refractivity contribution in [2.45, 2.75) is 30.6 Å². The van der Waals surface area contributed by atoms with Crippen molar-refractivity contribution < 1.29 is 8.42 Å². The summed E-state index contributed by atoms with van der Waals surface area (Å²) in [5.74, 6) is 1.51. The predicted octanol–water partition coefficient (Wildman–Crippen LogP) is 3.37. The van der Waals surface area contributed by atoms with Crippen molar-refractivity contribution in [1.29, 1.82) is 0 Å². The maximum absolute atomic E-state index is 12.8. The van der Waals surface area contributed by atoms with Crippen molar-refractivity contribution in [1.82, 2.24) is 19.2 Å². The van der Waals surface area contributed by atoms with Crippen LogP contribution in [0.2, 0.25) is 0 Å². The Morgan fingerprint density at radius 1 is 1.14 bits per heavy atom. The van der Waals surface area contributed by atoms with E-state index in [1.165, 1.54) is 4.31 Å². The summed E-state index contributed by atoms with van der Waals surface area (Å²) in [7, 11) is -1.77. The average Bonchev–Trinajstić information content (AvgIpc) is 3.16. The van der Waals surface area contributed by atoms with Gasteiger partial charge in [0.2, 0.25) is 10.0 Å². The zero-order valence-electron chi connectivity index (χ0n) is 17.0. The normalized spacial score (nSPS) is 16.7. The molecule has 4 rings (SSSR count). The first-order valence-electron chi connectivity index (χ1n) is 10.1. The minimum atomic E-state index is -3.44. The molecule has 1 aliphatic heterocycles. The first-order chi connectivity index (χ1) is 13.9. The van der Waals surface area contributed by atoms with Crippen molar-refractivity contribution in [2.24, 2.45) is 0 Å². The van der Waals surface area contributed by atoms with E-state index in [2.05, 4.69) is 16.0 Å². The van der Waals surface area contributed by atoms with E-state index in [1.807, 2.05) is 31.2 Å². The van der Waals surface area contributed by atoms with Crippen LogP contribution in [0.25, 0.3) is 11.0 Å². The van der Waals surface area contributed by atoms with Crippen LogP contribution in [0.15, 0.2) is 53.4 Å². The van der Waals surface area contributed by atoms with Gasteiger partial charge in [-0.15, -0.1) is 0 Å². The van der Waals surface area contributed by atoms with Gasteiger partial charge in [-0.3, -0.25) is 0 Å². The number of likely N-dealkylation sites (tertiary alicyclic amines) is 1. The fraction of sp³-hybridized carbons (Fsp3) is 0.409. The van der Waals surface area contributed by atoms with Crippen molar-refractivity contribution in [3.63, 3.8) is 0 Å². The molecule has 0 atom stereocenters. The Balaban J connectivity index is 1.31. The molecule has 2 heterocycles. The Morgan fingerprint density at radius 3 is 2.62 bits per heavy atom. The molecule has 1 saturated heterocycles. The predicted molar refractivity (Wildman–Crippen MR) is 116 cm³/mol. The Labute approximate surface area is 172 Å². The molecule has 0 spiro atoms. The number of hydrogen-bond donors (Lipinski definition) is 1. The molecule has 6 nitrogen and oxygen atoms in total. The van der Waals surface area contributed by atoms with Crippen LogP contribution < -0.4 is 0 Å². The zero-order chi connectivity index (χ0) is 20.4. The van der Waals surface area contributed by atoms with Crippen LogP contribution in [-0.4, -0.2) is 60.8 Å². The summed E-state index contributed by atoms with van der Waals surface area (Å²) in [6.45, 7) is 5.06. The number of sulfonamides is 1. The van der Waals surface area contributed by atoms with Crippen LogP contribution in [0.3, 0.4) is 0 Å². The van der Waals surface area contributed by atoms with Gasteiger partial charge in [0, 0.05) is 26.1 Å². The highest BCUT2D eigenvalue weighted by atomic mass is 32.2. The Morgan fingerprint density at radius 2 is 1.90 bits per heavy atom. The van der Waals surface area contributed by atoms with Crippen molar-refractivity contribution in [2.75, 3.05) is 33.2 Å². The number of hydrogen-bond acceptors (Lipinski definition) is 4. The molecule has 3 aromatic rings. The molecule has 0 saturated carbocycles. The van der Waals surface area contributed by atoms with Gasteiger partial charge in [-0.05, 0) is 62.7 Å². The van der Waals surface area contributed by atoms with E-state index in [9.17, 15) is 8.42 Å². The molecular weight excluding hydrogens is 384 g/mol. The number of aryl methyl sites for hydroxylation is 1. The minimum absolute atomic E-state index is 0.364. The fourth-order valence-corrected chi connectivity index (χ4v) is 5.22. The lowest BCUT2D eigenvalue weighted by Crippen LogP contribution is -2.40. The van der Waals surface area contributed by atoms with Gasteiger partial charge < -0.3 is 9.88 Å². The average molecular weight is 413 g/mol. The molecule has 1 aromatic heterocycles. The summed E-state index contributed by atoms with van der Waals surface area (Å²) in [6.07, 6.45) is 2.07. The second kappa shape index (κ2) is 8.26. The number of imidazole rings is 1. The molecule has 0 radical (unpaired) electrons. The largest absolute Gasteiger partial charge is 0.342 e. The van der Waals surface area contributed by atoms with E-state index >= 15 is 0 Å². The van der Waals surface area contributed by atoms with E-state index in [1.54, 1.807) is 25.2 Å². The lowest BCUT2D eigenvalue weighted by Gasteiger charge is -2.32. The maximum atomic E-state index is 12.8. The van der Waals surface area contributed by atoms with Crippen LogP contribution >= 0.6 is 0 Å². The smallest absolute Gasteiger partial charge is 0.242 e. The molecular formula is C22H28N4O2S. The number of fused-ring (bicyclic) bond motifs is 1. The topological polar surface area (TPSA) is 69.3 Å². The van der Waals surface area contributed by atoms with Crippen LogP contribution in [0.4, 0.5) is 0 Å². The van der Waals surface area contributed by atoms with Crippen molar-refractivity contribution in [3.05, 3.63) is 59.9 Å². The Bertz CT molecular complexity index is 1050. The number of benzene rings is 2. The molecule has 0 bridgehead atoms. The number of piperidine rings is 1. The summed E-state index contributed by atoms with van der Waals surface area (Å²) in [4.78, 5) is 10.9. The molecule has 154 valence electrons. The summed E-state index contributed by atoms with van der Waals surface area (Å²) < 4.78 is 27.0. The third-order valence-electron chi connectivity index (χ3n) is 5.81. The van der Waals surface area contributed by atoms with E-state index in [0.29, 0.717) is 17.4 Å². The van der Waals surface area contributed by atoms with Crippen LogP contribution in [0.5, 0.6) is 0 Å². The zero-order valence-corrected chi connectivity index (χ0v) is 17.8. The lowest BCUT2D eigenvalue weighted by atomic mass is 9.96. The Hall–Kier alpha value is -2.22. The lowest BCUT2D eigenvalue weighted by molar-refractivity contribution is 0.201. The fourth-order valence-electron chi connectivity index (χ4n) is 3.95. The molecule has 0 amide bonds. The van der Waals surface area contributed by atoms with Gasteiger partial charge in [-0.2, -0.15) is 4.31 Å². The summed E-state index contributed by atoms with van der Waals surface area (Å²) in [5, 5.41) is 0. The van der Waals surface area contributed by atoms with Gasteiger partial charge >= 0.3 is 0 Å². The minimum Gasteiger partial charge on any atom is -0.342 e. The highest BCUT2D eigenvalue weighted by Crippen LogP contribution is 2.27. The SMILES string of the molecule is Cc1cccc(S(=O)(=O)N(C)CCN2CCC(c3nc4ccccc4[nH]3)CC2)c1. The van der Waals surface area contributed by atoms with Crippen LogP contribution in [0.1, 0.15) is 30.1 Å². The molecule has 0 unspecified atom stereocenters. The van der Waals surface area contributed by atoms with E-state index in [0.717, 1.165) is 54.9 Å². The second-order valence-corrected chi connectivity index (χ2v) is 9.94. The van der Waals surface area contributed by atoms with Gasteiger partial charge in [-0.25, -0.2) is 13.4 Å². The number of nitrogens with zero attached hydrogens (tertiary/aromatic N) is 3. The maximum Gasteiger partial charge on any atom is 0.242 e. The quantitative estimate of drug-likeness (QED) is 0.674. The van der Waals surface area contributed by atoms with Crippen LogP contribution in [0, 0.1) is 6.92 Å².